The van der Waals surface area contributed by atoms with Gasteiger partial charge < -0.3 is 15.8 Å². The van der Waals surface area contributed by atoms with E-state index in [1.54, 1.807) is 6.07 Å². The zero-order valence-corrected chi connectivity index (χ0v) is 12.4. The third kappa shape index (κ3) is 5.09. The highest BCUT2D eigenvalue weighted by atomic mass is 35.5. The van der Waals surface area contributed by atoms with Crippen molar-refractivity contribution in [1.29, 1.82) is 0 Å². The molecule has 1 aromatic rings. The molecule has 0 heterocycles. The van der Waals surface area contributed by atoms with Crippen LogP contribution in [0.15, 0.2) is 18.2 Å². The van der Waals surface area contributed by atoms with Crippen molar-refractivity contribution in [3.8, 4) is 5.75 Å². The Labute approximate surface area is 123 Å². The number of primary amides is 1. The van der Waals surface area contributed by atoms with Gasteiger partial charge >= 0.3 is 0 Å². The maximum Gasteiger partial charge on any atom is 0.258 e. The summed E-state index contributed by atoms with van der Waals surface area (Å²) in [5.41, 5.74) is 5.39. The lowest BCUT2D eigenvalue weighted by Crippen LogP contribution is -2.36. The van der Waals surface area contributed by atoms with Crippen molar-refractivity contribution >= 4 is 23.4 Å². The lowest BCUT2D eigenvalue weighted by atomic mass is 10.2. The molecule has 0 aliphatic carbocycles. The van der Waals surface area contributed by atoms with Gasteiger partial charge in [0.2, 0.25) is 0 Å². The van der Waals surface area contributed by atoms with Crippen molar-refractivity contribution < 1.29 is 14.3 Å². The molecular formula is C14H19ClN2O3. The van der Waals surface area contributed by atoms with Crippen LogP contribution in [0.2, 0.25) is 5.02 Å². The smallest absolute Gasteiger partial charge is 0.258 e. The fourth-order valence-electron chi connectivity index (χ4n) is 1.79. The van der Waals surface area contributed by atoms with Gasteiger partial charge in [0, 0.05) is 11.1 Å². The highest BCUT2D eigenvalue weighted by molar-refractivity contribution is 6.31. The number of hydrogen-bond acceptors (Lipinski definition) is 3. The fraction of sp³-hybridized carbons (Fsp3) is 0.429. The molecule has 20 heavy (non-hydrogen) atoms. The molecule has 0 aliphatic rings. The first kappa shape index (κ1) is 16.3. The van der Waals surface area contributed by atoms with Crippen molar-refractivity contribution in [3.05, 3.63) is 28.8 Å². The second kappa shape index (κ2) is 7.75. The molecule has 1 rings (SSSR count). The molecule has 2 amide bonds. The first-order valence-corrected chi connectivity index (χ1v) is 6.83. The maximum atomic E-state index is 11.7. The quantitative estimate of drug-likeness (QED) is 0.809. The number of nitrogens with one attached hydrogen (secondary N) is 1. The van der Waals surface area contributed by atoms with Gasteiger partial charge in [-0.3, -0.25) is 9.59 Å². The van der Waals surface area contributed by atoms with Crippen LogP contribution in [0.1, 0.15) is 37.0 Å². The standard InChI is InChI=1S/C14H19ClN2O3/c1-3-4-9(2)17-13(18)8-20-12-6-5-10(15)7-11(12)14(16)19/h5-7,9H,3-4,8H2,1-2H3,(H2,16,19)(H,17,18)/t9-/m0/s1. The summed E-state index contributed by atoms with van der Waals surface area (Å²) in [6, 6.07) is 4.60. The van der Waals surface area contributed by atoms with Crippen LogP contribution in [0.4, 0.5) is 0 Å². The van der Waals surface area contributed by atoms with E-state index < -0.39 is 5.91 Å². The average Bonchev–Trinajstić information content (AvgIpc) is 2.37. The van der Waals surface area contributed by atoms with E-state index in [2.05, 4.69) is 5.32 Å². The van der Waals surface area contributed by atoms with Gasteiger partial charge in [-0.1, -0.05) is 24.9 Å². The summed E-state index contributed by atoms with van der Waals surface area (Å²) in [6.45, 7) is 3.81. The summed E-state index contributed by atoms with van der Waals surface area (Å²) in [5, 5.41) is 3.19. The van der Waals surface area contributed by atoms with Gasteiger partial charge in [-0.2, -0.15) is 0 Å². The Bertz CT molecular complexity index is 491. The summed E-state index contributed by atoms with van der Waals surface area (Å²) in [5.74, 6) is -0.640. The molecule has 0 bridgehead atoms. The Kier molecular flexibility index (Phi) is 6.31. The number of halogens is 1. The molecule has 0 saturated carbocycles. The van der Waals surface area contributed by atoms with E-state index >= 15 is 0 Å². The molecule has 1 aromatic carbocycles. The highest BCUT2D eigenvalue weighted by Crippen LogP contribution is 2.22. The van der Waals surface area contributed by atoms with Crippen LogP contribution in [-0.2, 0) is 4.79 Å². The van der Waals surface area contributed by atoms with Crippen molar-refractivity contribution in [3.63, 3.8) is 0 Å². The summed E-state index contributed by atoms with van der Waals surface area (Å²) in [4.78, 5) is 22.9. The van der Waals surface area contributed by atoms with Gasteiger partial charge in [-0.25, -0.2) is 0 Å². The van der Waals surface area contributed by atoms with E-state index in [9.17, 15) is 9.59 Å². The predicted octanol–water partition coefficient (Wildman–Crippen LogP) is 2.12. The summed E-state index contributed by atoms with van der Waals surface area (Å²) >= 11 is 5.78. The van der Waals surface area contributed by atoms with E-state index in [1.807, 2.05) is 13.8 Å². The molecule has 110 valence electrons. The fourth-order valence-corrected chi connectivity index (χ4v) is 1.96. The number of carbonyl (C=O) groups excluding carboxylic acids is 2. The number of nitrogens with two attached hydrogens (primary N) is 1. The predicted molar refractivity (Wildman–Crippen MR) is 78.0 cm³/mol. The van der Waals surface area contributed by atoms with Crippen molar-refractivity contribution in [1.82, 2.24) is 5.32 Å². The lowest BCUT2D eigenvalue weighted by Gasteiger charge is -2.14. The topological polar surface area (TPSA) is 81.4 Å². The van der Waals surface area contributed by atoms with Crippen LogP contribution in [-0.4, -0.2) is 24.5 Å². The zero-order valence-electron chi connectivity index (χ0n) is 11.6. The van der Waals surface area contributed by atoms with Gasteiger partial charge in [-0.15, -0.1) is 0 Å². The van der Waals surface area contributed by atoms with E-state index in [4.69, 9.17) is 22.1 Å². The second-order valence-corrected chi connectivity index (χ2v) is 4.99. The molecule has 1 atom stereocenters. The Morgan fingerprint density at radius 1 is 1.45 bits per heavy atom. The van der Waals surface area contributed by atoms with E-state index in [-0.39, 0.29) is 29.9 Å². The largest absolute Gasteiger partial charge is 0.483 e. The number of rotatable bonds is 7. The van der Waals surface area contributed by atoms with Crippen LogP contribution >= 0.6 is 11.6 Å². The maximum absolute atomic E-state index is 11.7. The minimum atomic E-state index is -0.651. The SMILES string of the molecule is CCC[C@H](C)NC(=O)COc1ccc(Cl)cc1C(N)=O. The van der Waals surface area contributed by atoms with Gasteiger partial charge in [0.25, 0.3) is 11.8 Å². The molecule has 0 aliphatic heterocycles. The first-order valence-electron chi connectivity index (χ1n) is 6.45. The van der Waals surface area contributed by atoms with E-state index in [0.717, 1.165) is 12.8 Å². The van der Waals surface area contributed by atoms with Crippen molar-refractivity contribution in [2.45, 2.75) is 32.7 Å². The average molecular weight is 299 g/mol. The van der Waals surface area contributed by atoms with Crippen molar-refractivity contribution in [2.75, 3.05) is 6.61 Å². The molecule has 0 unspecified atom stereocenters. The third-order valence-electron chi connectivity index (χ3n) is 2.69. The summed E-state index contributed by atoms with van der Waals surface area (Å²) < 4.78 is 5.32. The number of hydrogen-bond donors (Lipinski definition) is 2. The molecule has 3 N–H and O–H groups in total. The number of carbonyl (C=O) groups is 2. The Morgan fingerprint density at radius 2 is 2.15 bits per heavy atom. The third-order valence-corrected chi connectivity index (χ3v) is 2.93. The molecular weight excluding hydrogens is 280 g/mol. The molecule has 0 saturated heterocycles. The highest BCUT2D eigenvalue weighted by Gasteiger charge is 2.12. The van der Waals surface area contributed by atoms with Crippen LogP contribution in [0, 0.1) is 0 Å². The molecule has 5 nitrogen and oxygen atoms in total. The number of amides is 2. The molecule has 0 fully saturated rings. The summed E-state index contributed by atoms with van der Waals surface area (Å²) in [7, 11) is 0. The van der Waals surface area contributed by atoms with E-state index in [1.165, 1.54) is 12.1 Å². The summed E-state index contributed by atoms with van der Waals surface area (Å²) in [6.07, 6.45) is 1.89. The monoisotopic (exact) mass is 298 g/mol. The van der Waals surface area contributed by atoms with Crippen LogP contribution in [0.3, 0.4) is 0 Å². The molecule has 0 spiro atoms. The Balaban J connectivity index is 2.61. The van der Waals surface area contributed by atoms with Crippen LogP contribution in [0.25, 0.3) is 0 Å². The minimum absolute atomic E-state index is 0.0944. The van der Waals surface area contributed by atoms with Gasteiger partial charge in [0.1, 0.15) is 5.75 Å². The van der Waals surface area contributed by atoms with Gasteiger partial charge in [-0.05, 0) is 31.5 Å². The second-order valence-electron chi connectivity index (χ2n) is 4.55. The van der Waals surface area contributed by atoms with E-state index in [0.29, 0.717) is 5.02 Å². The number of ether oxygens (including phenoxy) is 1. The normalized spacial score (nSPS) is 11.8. The van der Waals surface area contributed by atoms with Crippen molar-refractivity contribution in [2.24, 2.45) is 5.73 Å². The first-order chi connectivity index (χ1) is 9.43. The molecule has 0 aromatic heterocycles. The zero-order chi connectivity index (χ0) is 15.1. The number of benzene rings is 1. The van der Waals surface area contributed by atoms with Gasteiger partial charge in [0.05, 0.1) is 5.56 Å². The molecule has 0 radical (unpaired) electrons. The Hall–Kier alpha value is -1.75. The van der Waals surface area contributed by atoms with Crippen LogP contribution in [0.5, 0.6) is 5.75 Å². The van der Waals surface area contributed by atoms with Gasteiger partial charge in [0.15, 0.2) is 6.61 Å². The Morgan fingerprint density at radius 3 is 2.75 bits per heavy atom. The minimum Gasteiger partial charge on any atom is -0.483 e. The lowest BCUT2D eigenvalue weighted by molar-refractivity contribution is -0.123. The molecule has 6 heteroatoms. The van der Waals surface area contributed by atoms with Crippen LogP contribution < -0.4 is 15.8 Å².